The summed E-state index contributed by atoms with van der Waals surface area (Å²) in [4.78, 5) is 67.7. The number of aromatic nitrogens is 2. The number of benzene rings is 2. The van der Waals surface area contributed by atoms with E-state index in [1.807, 2.05) is 56.9 Å². The molecule has 1 aliphatic carbocycles. The van der Waals surface area contributed by atoms with Crippen LogP contribution in [0.5, 0.6) is 0 Å². The summed E-state index contributed by atoms with van der Waals surface area (Å²) in [6, 6.07) is 11.7. The maximum Gasteiger partial charge on any atom is 0.407 e. The van der Waals surface area contributed by atoms with E-state index in [0.29, 0.717) is 12.4 Å². The zero-order valence-corrected chi connectivity index (χ0v) is 33.1. The number of methoxy groups -OCH3 is 2. The molecule has 0 saturated carbocycles. The molecule has 3 aliphatic heterocycles. The van der Waals surface area contributed by atoms with E-state index >= 15 is 0 Å². The molecule has 302 valence electrons. The van der Waals surface area contributed by atoms with Crippen molar-refractivity contribution in [1.29, 1.82) is 0 Å². The van der Waals surface area contributed by atoms with E-state index in [0.717, 1.165) is 52.0 Å². The normalized spacial score (nSPS) is 23.8. The van der Waals surface area contributed by atoms with Crippen LogP contribution in [0.3, 0.4) is 0 Å². The average Bonchev–Trinajstić information content (AvgIpc) is 4.02. The smallest absolute Gasteiger partial charge is 0.407 e. The summed E-state index contributed by atoms with van der Waals surface area (Å²) in [7, 11) is 2.52. The number of halogens is 1. The van der Waals surface area contributed by atoms with Crippen molar-refractivity contribution in [3.63, 3.8) is 0 Å². The Morgan fingerprint density at radius 3 is 2.14 bits per heavy atom. The van der Waals surface area contributed by atoms with Crippen LogP contribution in [-0.2, 0) is 19.1 Å². The van der Waals surface area contributed by atoms with E-state index < -0.39 is 36.5 Å². The second-order valence-corrected chi connectivity index (χ2v) is 15.8. The van der Waals surface area contributed by atoms with Crippen molar-refractivity contribution < 1.29 is 33.0 Å². The molecule has 15 heteroatoms. The molecule has 2 fully saturated rings. The summed E-state index contributed by atoms with van der Waals surface area (Å²) in [5, 5.41) is 8.77. The molecule has 2 saturated heterocycles. The highest BCUT2D eigenvalue weighted by Crippen LogP contribution is 2.35. The second-order valence-electron chi connectivity index (χ2n) is 15.8. The molecule has 4 aliphatic rings. The summed E-state index contributed by atoms with van der Waals surface area (Å²) >= 11 is 0. The fourth-order valence-electron chi connectivity index (χ4n) is 8.24. The number of alkyl halides is 1. The lowest BCUT2D eigenvalue weighted by Gasteiger charge is -2.30. The summed E-state index contributed by atoms with van der Waals surface area (Å²) in [5.41, 5.74) is 5.75. The molecule has 7 atom stereocenters. The summed E-state index contributed by atoms with van der Waals surface area (Å²) in [6.07, 6.45) is 5.36. The first-order valence-corrected chi connectivity index (χ1v) is 19.6. The number of aromatic amines is 1. The van der Waals surface area contributed by atoms with Gasteiger partial charge in [0.15, 0.2) is 0 Å². The maximum atomic E-state index is 14.9. The zero-order valence-electron chi connectivity index (χ0n) is 33.1. The van der Waals surface area contributed by atoms with Gasteiger partial charge in [-0.25, -0.2) is 19.0 Å². The van der Waals surface area contributed by atoms with Crippen LogP contribution in [0, 0.1) is 11.8 Å². The van der Waals surface area contributed by atoms with Crippen LogP contribution in [-0.4, -0.2) is 113 Å². The number of fused-ring (bicyclic) bond motifs is 2. The highest BCUT2D eigenvalue weighted by molar-refractivity contribution is 5.97. The Kier molecular flexibility index (Phi) is 11.4. The molecule has 57 heavy (non-hydrogen) atoms. The Morgan fingerprint density at radius 2 is 1.49 bits per heavy atom. The van der Waals surface area contributed by atoms with Gasteiger partial charge in [-0.1, -0.05) is 76.3 Å². The lowest BCUT2D eigenvalue weighted by atomic mass is 9.93. The number of hydrogen-bond acceptors (Lipinski definition) is 9. The van der Waals surface area contributed by atoms with Crippen LogP contribution in [0.25, 0.3) is 27.7 Å². The first-order valence-electron chi connectivity index (χ1n) is 19.6. The third-order valence-corrected chi connectivity index (χ3v) is 11.3. The first kappa shape index (κ1) is 39.5. The minimum Gasteiger partial charge on any atom is -0.453 e. The van der Waals surface area contributed by atoms with Crippen LogP contribution in [0.1, 0.15) is 64.4 Å². The highest BCUT2D eigenvalue weighted by atomic mass is 19.1. The molecule has 0 radical (unpaired) electrons. The molecule has 4 amide bonds. The number of allylic oxidation sites excluding steroid dienone is 2. The van der Waals surface area contributed by atoms with Crippen molar-refractivity contribution in [2.24, 2.45) is 16.8 Å². The number of amides is 4. The van der Waals surface area contributed by atoms with Crippen molar-refractivity contribution in [3.05, 3.63) is 72.1 Å². The Morgan fingerprint density at radius 1 is 0.860 bits per heavy atom. The Bertz CT molecular complexity index is 2110. The van der Waals surface area contributed by atoms with E-state index in [-0.39, 0.29) is 54.7 Å². The van der Waals surface area contributed by atoms with Crippen LogP contribution in [0.4, 0.5) is 14.0 Å². The molecule has 7 rings (SSSR count). The average molecular weight is 783 g/mol. The monoisotopic (exact) mass is 782 g/mol. The largest absolute Gasteiger partial charge is 0.453 e. The van der Waals surface area contributed by atoms with E-state index in [9.17, 15) is 23.6 Å². The third-order valence-electron chi connectivity index (χ3n) is 11.3. The summed E-state index contributed by atoms with van der Waals surface area (Å²) in [6.45, 7) is 7.95. The molecule has 4 heterocycles. The summed E-state index contributed by atoms with van der Waals surface area (Å²) in [5.74, 6) is 0.425. The number of imidazole rings is 1. The van der Waals surface area contributed by atoms with Crippen molar-refractivity contribution in [3.8, 4) is 11.1 Å². The van der Waals surface area contributed by atoms with E-state index in [1.54, 1.807) is 0 Å². The van der Waals surface area contributed by atoms with Gasteiger partial charge in [0.1, 0.15) is 29.9 Å². The number of alkyl carbamates (subject to hydrolysis) is 2. The van der Waals surface area contributed by atoms with Gasteiger partial charge in [-0.2, -0.15) is 0 Å². The number of ether oxygens (including phenoxy) is 2. The van der Waals surface area contributed by atoms with Gasteiger partial charge in [0.25, 0.3) is 0 Å². The quantitative estimate of drug-likeness (QED) is 0.215. The minimum atomic E-state index is -1.21. The molecular formula is C42H51FN8O6. The Labute approximate surface area is 331 Å². The van der Waals surface area contributed by atoms with Gasteiger partial charge >= 0.3 is 12.2 Å². The number of carbonyl (C=O) groups is 4. The third kappa shape index (κ3) is 8.10. The predicted octanol–water partition coefficient (Wildman–Crippen LogP) is 5.29. The van der Waals surface area contributed by atoms with Gasteiger partial charge in [-0.05, 0) is 59.1 Å². The molecule has 2 aromatic carbocycles. The van der Waals surface area contributed by atoms with Crippen LogP contribution in [0.2, 0.25) is 0 Å². The zero-order chi connectivity index (χ0) is 40.5. The maximum absolute atomic E-state index is 14.9. The fraction of sp³-hybridized carbons (Fsp3) is 0.476. The van der Waals surface area contributed by atoms with E-state index in [1.165, 1.54) is 19.1 Å². The number of carbonyl (C=O) groups excluding carboxylic acids is 4. The van der Waals surface area contributed by atoms with Crippen molar-refractivity contribution in [2.45, 2.75) is 89.4 Å². The number of aliphatic imine (C=N–C) groups is 1. The standard InChI is InChI=1S/C42H51FN8O6/c1-22(2)35(48-41(54)56-5)39(52)50-17-7-8-33(50)37-44-29-15-13-26(18-31(29)46-37)24-9-11-25(12-10-24)27-14-16-30-32(19-27)47-38(45-30)34-20-28(43)21-51(34)40(53)36(23(3)4)49-42(55)57-6/h9-16,18-19,22-23,28,30,32-36H,7-8,17,20-21H2,1-6H3,(H,44,46)(H,45,47)(H,48,54)(H,49,55)/t28-,30?,32?,33+,34+,35+,36+/m1/s1. The molecule has 2 unspecified atom stereocenters. The number of amidine groups is 1. The Hall–Kier alpha value is -5.73. The van der Waals surface area contributed by atoms with Crippen LogP contribution < -0.4 is 16.0 Å². The second kappa shape index (κ2) is 16.4. The van der Waals surface area contributed by atoms with E-state index in [2.05, 4.69) is 57.3 Å². The molecule has 14 nitrogen and oxygen atoms in total. The minimum absolute atomic E-state index is 0.0695. The van der Waals surface area contributed by atoms with Gasteiger partial charge in [-0.3, -0.25) is 14.6 Å². The van der Waals surface area contributed by atoms with Gasteiger partial charge < -0.3 is 40.2 Å². The van der Waals surface area contributed by atoms with Gasteiger partial charge in [-0.15, -0.1) is 0 Å². The number of rotatable bonds is 10. The van der Waals surface area contributed by atoms with Crippen LogP contribution >= 0.6 is 0 Å². The molecule has 4 N–H and O–H groups in total. The summed E-state index contributed by atoms with van der Waals surface area (Å²) < 4.78 is 24.4. The predicted molar refractivity (Wildman–Crippen MR) is 214 cm³/mol. The molecular weight excluding hydrogens is 732 g/mol. The van der Waals surface area contributed by atoms with Crippen LogP contribution in [0.15, 0.2) is 65.7 Å². The number of nitrogens with zero attached hydrogens (tertiary/aromatic N) is 4. The number of nitrogens with one attached hydrogen (secondary N) is 4. The van der Waals surface area contributed by atoms with Gasteiger partial charge in [0.05, 0.1) is 56.0 Å². The molecule has 3 aromatic rings. The van der Waals surface area contributed by atoms with Crippen molar-refractivity contribution >= 4 is 46.4 Å². The lowest BCUT2D eigenvalue weighted by Crippen LogP contribution is -2.55. The topological polar surface area (TPSA) is 170 Å². The van der Waals surface area contributed by atoms with Crippen molar-refractivity contribution in [1.82, 2.24) is 35.7 Å². The van der Waals surface area contributed by atoms with Gasteiger partial charge in [0.2, 0.25) is 11.8 Å². The van der Waals surface area contributed by atoms with Crippen molar-refractivity contribution in [2.75, 3.05) is 27.3 Å². The number of likely N-dealkylation sites (tertiary alicyclic amines) is 2. The molecule has 0 spiro atoms. The van der Waals surface area contributed by atoms with E-state index in [4.69, 9.17) is 19.5 Å². The highest BCUT2D eigenvalue weighted by Gasteiger charge is 2.44. The lowest BCUT2D eigenvalue weighted by molar-refractivity contribution is -0.135. The first-order chi connectivity index (χ1) is 27.3. The van der Waals surface area contributed by atoms with Gasteiger partial charge in [0, 0.05) is 13.0 Å². The Balaban J connectivity index is 1.03. The molecule has 1 aromatic heterocycles. The molecule has 0 bridgehead atoms. The number of hydrogen-bond donors (Lipinski definition) is 4. The SMILES string of the molecule is COC(=O)N[C@H](C(=O)N1C[C@H](F)C[C@H]1C1=NC2C=CC(c3ccc(-c4ccc5nc([C@@H]6CCCN6C(=O)[C@@H](NC(=O)OC)C(C)C)[nH]c5c4)cc3)=CC2N1)C(C)C. The number of H-pyrrole nitrogens is 1. The fourth-order valence-corrected chi connectivity index (χ4v) is 8.24.